The largest absolute Gasteiger partial charge is 0.381 e. The van der Waals surface area contributed by atoms with Crippen molar-refractivity contribution in [1.29, 1.82) is 0 Å². The molecule has 0 saturated carbocycles. The summed E-state index contributed by atoms with van der Waals surface area (Å²) in [5.74, 6) is 2.50. The zero-order chi connectivity index (χ0) is 19.2. The van der Waals surface area contributed by atoms with E-state index >= 15 is 0 Å². The molecule has 0 bridgehead atoms. The number of carbonyl (C=O) groups is 1. The molecule has 1 amide bonds. The number of thioether (sulfide) groups is 1. The van der Waals surface area contributed by atoms with Crippen LogP contribution in [-0.4, -0.2) is 85.9 Å². The van der Waals surface area contributed by atoms with Crippen molar-refractivity contribution in [3.8, 4) is 0 Å². The molecule has 4 rings (SSSR count). The monoisotopic (exact) mass is 404 g/mol. The maximum atomic E-state index is 14.1. The van der Waals surface area contributed by atoms with Gasteiger partial charge in [0, 0.05) is 45.1 Å². The van der Waals surface area contributed by atoms with Gasteiger partial charge in [0.25, 0.3) is 0 Å². The number of morpholine rings is 1. The third kappa shape index (κ3) is 4.40. The Morgan fingerprint density at radius 1 is 1.04 bits per heavy atom. The van der Waals surface area contributed by atoms with Crippen molar-refractivity contribution in [2.75, 3.05) is 64.1 Å². The number of carbonyl (C=O) groups excluding carboxylic acids is 1. The minimum absolute atomic E-state index is 0.279. The Labute approximate surface area is 172 Å². The van der Waals surface area contributed by atoms with Gasteiger partial charge >= 0.3 is 0 Å². The topological polar surface area (TPSA) is 42.0 Å². The molecule has 154 valence electrons. The third-order valence-corrected chi connectivity index (χ3v) is 7.55. The number of benzene rings is 1. The first-order valence-corrected chi connectivity index (χ1v) is 11.8. The van der Waals surface area contributed by atoms with E-state index in [1.54, 1.807) is 0 Å². The van der Waals surface area contributed by atoms with Crippen LogP contribution in [0.4, 0.5) is 0 Å². The molecule has 3 heterocycles. The van der Waals surface area contributed by atoms with Crippen LogP contribution in [0.1, 0.15) is 24.8 Å². The van der Waals surface area contributed by atoms with Crippen molar-refractivity contribution >= 4 is 17.7 Å². The van der Waals surface area contributed by atoms with E-state index in [1.807, 2.05) is 17.8 Å². The van der Waals surface area contributed by atoms with E-state index in [1.165, 1.54) is 0 Å². The van der Waals surface area contributed by atoms with Crippen LogP contribution in [0, 0.1) is 0 Å². The zero-order valence-electron chi connectivity index (χ0n) is 16.7. The smallest absolute Gasteiger partial charge is 0.233 e. The summed E-state index contributed by atoms with van der Waals surface area (Å²) >= 11 is 2.00. The summed E-state index contributed by atoms with van der Waals surface area (Å²) in [4.78, 5) is 18.8. The SMILES string of the molecule is O=C(N1CCCSCC1CN1CCOCC1)C1(c2ccccc2)CCOCC1. The van der Waals surface area contributed by atoms with Crippen LogP contribution in [0.15, 0.2) is 30.3 Å². The standard InChI is InChI=1S/C22H32N2O3S/c25-21(22(7-12-26-13-8-22)19-5-2-1-3-6-19)24-9-4-16-28-18-20(24)17-23-10-14-27-15-11-23/h1-3,5-6,20H,4,7-18H2. The van der Waals surface area contributed by atoms with E-state index in [9.17, 15) is 4.79 Å². The second kappa shape index (κ2) is 9.61. The fourth-order valence-corrected chi connectivity index (χ4v) is 5.76. The molecule has 5 nitrogen and oxygen atoms in total. The second-order valence-corrected chi connectivity index (χ2v) is 9.20. The normalized spacial score (nSPS) is 26.6. The lowest BCUT2D eigenvalue weighted by Gasteiger charge is -2.43. The fourth-order valence-electron chi connectivity index (χ4n) is 4.71. The van der Waals surface area contributed by atoms with Crippen LogP contribution in [0.2, 0.25) is 0 Å². The number of hydrogen-bond acceptors (Lipinski definition) is 5. The molecule has 0 aromatic heterocycles. The van der Waals surface area contributed by atoms with Crippen molar-refractivity contribution in [3.63, 3.8) is 0 Å². The third-order valence-electron chi connectivity index (χ3n) is 6.35. The van der Waals surface area contributed by atoms with Gasteiger partial charge < -0.3 is 14.4 Å². The Balaban J connectivity index is 1.59. The molecule has 1 atom stereocenters. The summed E-state index contributed by atoms with van der Waals surface area (Å²) in [6.45, 7) is 6.72. The highest BCUT2D eigenvalue weighted by Gasteiger charge is 2.45. The average molecular weight is 405 g/mol. The lowest BCUT2D eigenvalue weighted by molar-refractivity contribution is -0.144. The quantitative estimate of drug-likeness (QED) is 0.771. The van der Waals surface area contributed by atoms with E-state index in [2.05, 4.69) is 34.1 Å². The zero-order valence-corrected chi connectivity index (χ0v) is 17.5. The molecule has 3 fully saturated rings. The Kier molecular flexibility index (Phi) is 6.94. The lowest BCUT2D eigenvalue weighted by Crippen LogP contribution is -2.56. The predicted molar refractivity (Wildman–Crippen MR) is 113 cm³/mol. The summed E-state index contributed by atoms with van der Waals surface area (Å²) in [7, 11) is 0. The van der Waals surface area contributed by atoms with E-state index in [-0.39, 0.29) is 6.04 Å². The number of amides is 1. The summed E-state index contributed by atoms with van der Waals surface area (Å²) < 4.78 is 11.2. The van der Waals surface area contributed by atoms with Gasteiger partial charge in [-0.05, 0) is 30.6 Å². The molecule has 0 spiro atoms. The molecule has 3 aliphatic heterocycles. The van der Waals surface area contributed by atoms with Crippen LogP contribution >= 0.6 is 11.8 Å². The average Bonchev–Trinajstić information content (AvgIpc) is 3.00. The first-order valence-electron chi connectivity index (χ1n) is 10.6. The van der Waals surface area contributed by atoms with Gasteiger partial charge in [0.15, 0.2) is 0 Å². The van der Waals surface area contributed by atoms with Crippen molar-refractivity contribution in [1.82, 2.24) is 9.80 Å². The highest BCUT2D eigenvalue weighted by Crippen LogP contribution is 2.38. The fraction of sp³-hybridized carbons (Fsp3) is 0.682. The molecule has 0 radical (unpaired) electrons. The summed E-state index contributed by atoms with van der Waals surface area (Å²) in [5.41, 5.74) is 0.725. The van der Waals surface area contributed by atoms with Crippen LogP contribution in [0.5, 0.6) is 0 Å². The minimum atomic E-state index is -0.433. The molecular weight excluding hydrogens is 372 g/mol. The first-order chi connectivity index (χ1) is 13.8. The van der Waals surface area contributed by atoms with E-state index < -0.39 is 5.41 Å². The van der Waals surface area contributed by atoms with Crippen LogP contribution in [0.25, 0.3) is 0 Å². The van der Waals surface area contributed by atoms with E-state index in [0.717, 1.165) is 75.7 Å². The number of rotatable bonds is 4. The molecule has 0 aliphatic carbocycles. The molecule has 28 heavy (non-hydrogen) atoms. The van der Waals surface area contributed by atoms with Gasteiger partial charge in [-0.15, -0.1) is 0 Å². The first kappa shape index (κ1) is 20.2. The van der Waals surface area contributed by atoms with Crippen molar-refractivity contribution in [2.45, 2.75) is 30.7 Å². The molecule has 1 unspecified atom stereocenters. The van der Waals surface area contributed by atoms with E-state index in [0.29, 0.717) is 19.1 Å². The second-order valence-electron chi connectivity index (χ2n) is 8.05. The Morgan fingerprint density at radius 2 is 1.75 bits per heavy atom. The predicted octanol–water partition coefficient (Wildman–Crippen LogP) is 2.40. The Morgan fingerprint density at radius 3 is 2.50 bits per heavy atom. The van der Waals surface area contributed by atoms with Crippen LogP contribution < -0.4 is 0 Å². The van der Waals surface area contributed by atoms with Gasteiger partial charge in [0.05, 0.1) is 24.7 Å². The highest BCUT2D eigenvalue weighted by atomic mass is 32.2. The molecule has 3 saturated heterocycles. The Bertz CT molecular complexity index is 630. The maximum absolute atomic E-state index is 14.1. The van der Waals surface area contributed by atoms with Crippen molar-refractivity contribution in [3.05, 3.63) is 35.9 Å². The molecule has 6 heteroatoms. The number of nitrogens with zero attached hydrogens (tertiary/aromatic N) is 2. The van der Waals surface area contributed by atoms with Crippen molar-refractivity contribution in [2.24, 2.45) is 0 Å². The van der Waals surface area contributed by atoms with Gasteiger partial charge in [-0.2, -0.15) is 11.8 Å². The molecular formula is C22H32N2O3S. The van der Waals surface area contributed by atoms with E-state index in [4.69, 9.17) is 9.47 Å². The lowest BCUT2D eigenvalue weighted by atomic mass is 9.72. The number of hydrogen-bond donors (Lipinski definition) is 0. The van der Waals surface area contributed by atoms with Gasteiger partial charge in [-0.1, -0.05) is 30.3 Å². The van der Waals surface area contributed by atoms with Gasteiger partial charge in [0.2, 0.25) is 5.91 Å². The van der Waals surface area contributed by atoms with Crippen molar-refractivity contribution < 1.29 is 14.3 Å². The molecule has 3 aliphatic rings. The minimum Gasteiger partial charge on any atom is -0.381 e. The molecule has 0 N–H and O–H groups in total. The van der Waals surface area contributed by atoms with Gasteiger partial charge in [0.1, 0.15) is 0 Å². The van der Waals surface area contributed by atoms with Gasteiger partial charge in [-0.3, -0.25) is 9.69 Å². The highest BCUT2D eigenvalue weighted by molar-refractivity contribution is 7.99. The molecule has 1 aromatic carbocycles. The summed E-state index contributed by atoms with van der Waals surface area (Å²) in [5, 5.41) is 0. The van der Waals surface area contributed by atoms with Crippen LogP contribution in [0.3, 0.4) is 0 Å². The number of ether oxygens (including phenoxy) is 2. The van der Waals surface area contributed by atoms with Crippen LogP contribution in [-0.2, 0) is 19.7 Å². The summed E-state index contributed by atoms with van der Waals surface area (Å²) in [6.07, 6.45) is 2.64. The van der Waals surface area contributed by atoms with Gasteiger partial charge in [-0.25, -0.2) is 0 Å². The maximum Gasteiger partial charge on any atom is 0.233 e. The molecule has 1 aromatic rings. The Hall–Kier alpha value is -1.08. The summed E-state index contributed by atoms with van der Waals surface area (Å²) in [6, 6.07) is 10.7.